The zero-order valence-corrected chi connectivity index (χ0v) is 15.0. The molecule has 1 aromatic heterocycles. The van der Waals surface area contributed by atoms with Crippen molar-refractivity contribution in [3.8, 4) is 0 Å². The van der Waals surface area contributed by atoms with Gasteiger partial charge in [0, 0.05) is 44.5 Å². The minimum absolute atomic E-state index is 0.0532. The van der Waals surface area contributed by atoms with Crippen LogP contribution in [0.3, 0.4) is 0 Å². The molecule has 0 bridgehead atoms. The summed E-state index contributed by atoms with van der Waals surface area (Å²) in [4.78, 5) is 29.8. The van der Waals surface area contributed by atoms with E-state index in [1.54, 1.807) is 18.3 Å². The lowest BCUT2D eigenvalue weighted by atomic mass is 9.91. The second kappa shape index (κ2) is 9.15. The van der Waals surface area contributed by atoms with E-state index in [9.17, 15) is 9.59 Å². The summed E-state index contributed by atoms with van der Waals surface area (Å²) in [6.45, 7) is 5.18. The number of hydrogen-bond acceptors (Lipinski definition) is 4. The molecule has 0 aromatic carbocycles. The van der Waals surface area contributed by atoms with Gasteiger partial charge in [0.05, 0.1) is 6.04 Å². The highest BCUT2D eigenvalue weighted by Crippen LogP contribution is 2.25. The van der Waals surface area contributed by atoms with E-state index >= 15 is 0 Å². The SMILES string of the molecule is O=C([C@H]1CCCN1)N1CCCN(C2CCC2)CC1.O=c1cccc[nH]1. The molecule has 138 valence electrons. The maximum absolute atomic E-state index is 12.4. The van der Waals surface area contributed by atoms with Gasteiger partial charge in [0.1, 0.15) is 0 Å². The molecule has 1 amide bonds. The second-order valence-corrected chi connectivity index (χ2v) is 7.18. The Kier molecular flexibility index (Phi) is 6.64. The number of carbonyl (C=O) groups excluding carboxylic acids is 1. The van der Waals surface area contributed by atoms with Crippen LogP contribution < -0.4 is 10.9 Å². The largest absolute Gasteiger partial charge is 0.340 e. The molecular formula is C19H30N4O2. The summed E-state index contributed by atoms with van der Waals surface area (Å²) in [5.74, 6) is 0.350. The average Bonchev–Trinajstić information content (AvgIpc) is 3.01. The molecule has 25 heavy (non-hydrogen) atoms. The van der Waals surface area contributed by atoms with Gasteiger partial charge in [-0.15, -0.1) is 0 Å². The van der Waals surface area contributed by atoms with E-state index in [1.165, 1.54) is 31.9 Å². The maximum atomic E-state index is 12.4. The molecule has 3 heterocycles. The molecule has 0 spiro atoms. The Morgan fingerprint density at radius 1 is 1.00 bits per heavy atom. The fourth-order valence-electron chi connectivity index (χ4n) is 3.77. The van der Waals surface area contributed by atoms with Crippen molar-refractivity contribution in [2.24, 2.45) is 0 Å². The van der Waals surface area contributed by atoms with Crippen LogP contribution in [0.1, 0.15) is 38.5 Å². The van der Waals surface area contributed by atoms with Crippen molar-refractivity contribution >= 4 is 5.91 Å². The van der Waals surface area contributed by atoms with Gasteiger partial charge in [-0.2, -0.15) is 0 Å². The fourth-order valence-corrected chi connectivity index (χ4v) is 3.77. The molecule has 0 unspecified atom stereocenters. The lowest BCUT2D eigenvalue weighted by molar-refractivity contribution is -0.133. The first-order chi connectivity index (χ1) is 12.2. The molecular weight excluding hydrogens is 316 g/mol. The summed E-state index contributed by atoms with van der Waals surface area (Å²) in [7, 11) is 0. The van der Waals surface area contributed by atoms with Gasteiger partial charge in [-0.1, -0.05) is 12.5 Å². The monoisotopic (exact) mass is 346 g/mol. The standard InChI is InChI=1S/C14H25N3O.C5H5NO/c18-14(13-6-2-7-15-13)17-9-3-8-16(10-11-17)12-4-1-5-12;7-5-3-1-2-4-6-5/h12-13,15H,1-11H2;1-4H,(H,6,7)/t13-;/m1./s1. The van der Waals surface area contributed by atoms with Gasteiger partial charge >= 0.3 is 0 Å². The number of pyridine rings is 1. The van der Waals surface area contributed by atoms with Gasteiger partial charge in [0.15, 0.2) is 0 Å². The first-order valence-electron chi connectivity index (χ1n) is 9.64. The van der Waals surface area contributed by atoms with Crippen molar-refractivity contribution in [3.05, 3.63) is 34.7 Å². The molecule has 2 N–H and O–H groups in total. The quantitative estimate of drug-likeness (QED) is 0.844. The number of rotatable bonds is 2. The number of nitrogens with one attached hydrogen (secondary N) is 2. The molecule has 1 atom stereocenters. The van der Waals surface area contributed by atoms with E-state index in [0.29, 0.717) is 5.91 Å². The fraction of sp³-hybridized carbons (Fsp3) is 0.684. The van der Waals surface area contributed by atoms with E-state index in [0.717, 1.165) is 51.5 Å². The van der Waals surface area contributed by atoms with Crippen LogP contribution in [0.25, 0.3) is 0 Å². The minimum atomic E-state index is -0.0532. The van der Waals surface area contributed by atoms with Gasteiger partial charge in [-0.05, 0) is 44.7 Å². The third kappa shape index (κ3) is 5.16. The smallest absolute Gasteiger partial charge is 0.247 e. The highest BCUT2D eigenvalue weighted by atomic mass is 16.2. The average molecular weight is 346 g/mol. The number of hydrogen-bond donors (Lipinski definition) is 2. The van der Waals surface area contributed by atoms with Crippen LogP contribution in [0.2, 0.25) is 0 Å². The third-order valence-electron chi connectivity index (χ3n) is 5.47. The third-order valence-corrected chi connectivity index (χ3v) is 5.47. The van der Waals surface area contributed by atoms with Crippen molar-refractivity contribution in [3.63, 3.8) is 0 Å². The zero-order chi connectivity index (χ0) is 17.5. The number of aromatic amines is 1. The van der Waals surface area contributed by atoms with Gasteiger partial charge in [0.2, 0.25) is 11.5 Å². The summed E-state index contributed by atoms with van der Waals surface area (Å²) in [5, 5.41) is 3.33. The van der Waals surface area contributed by atoms with Crippen molar-refractivity contribution in [1.82, 2.24) is 20.1 Å². The summed E-state index contributed by atoms with van der Waals surface area (Å²) < 4.78 is 0. The Labute approximate surface area is 149 Å². The Bertz CT molecular complexity index is 576. The molecule has 2 aliphatic heterocycles. The molecule has 6 nitrogen and oxygen atoms in total. The Morgan fingerprint density at radius 3 is 2.44 bits per heavy atom. The lowest BCUT2D eigenvalue weighted by Crippen LogP contribution is -2.46. The normalized spacial score (nSPS) is 24.8. The first-order valence-corrected chi connectivity index (χ1v) is 9.64. The van der Waals surface area contributed by atoms with E-state index in [2.05, 4.69) is 20.1 Å². The summed E-state index contributed by atoms with van der Waals surface area (Å²) in [5.41, 5.74) is -0.0532. The van der Waals surface area contributed by atoms with Crippen LogP contribution >= 0.6 is 0 Å². The second-order valence-electron chi connectivity index (χ2n) is 7.18. The predicted octanol–water partition coefficient (Wildman–Crippen LogP) is 1.20. The van der Waals surface area contributed by atoms with Crippen LogP contribution in [-0.4, -0.2) is 65.5 Å². The number of nitrogens with zero attached hydrogens (tertiary/aromatic N) is 2. The topological polar surface area (TPSA) is 68.4 Å². The highest BCUT2D eigenvalue weighted by Gasteiger charge is 2.30. The van der Waals surface area contributed by atoms with Gasteiger partial charge < -0.3 is 15.2 Å². The lowest BCUT2D eigenvalue weighted by Gasteiger charge is -2.36. The highest BCUT2D eigenvalue weighted by molar-refractivity contribution is 5.82. The van der Waals surface area contributed by atoms with Crippen molar-refractivity contribution in [2.45, 2.75) is 50.6 Å². The van der Waals surface area contributed by atoms with Crippen LogP contribution in [0.4, 0.5) is 0 Å². The Morgan fingerprint density at radius 2 is 1.88 bits per heavy atom. The summed E-state index contributed by atoms with van der Waals surface area (Å²) >= 11 is 0. The number of carbonyl (C=O) groups is 1. The first kappa shape index (κ1) is 18.1. The Hall–Kier alpha value is -1.66. The van der Waals surface area contributed by atoms with E-state index < -0.39 is 0 Å². The van der Waals surface area contributed by atoms with Crippen LogP contribution in [-0.2, 0) is 4.79 Å². The maximum Gasteiger partial charge on any atom is 0.247 e. The number of aromatic nitrogens is 1. The van der Waals surface area contributed by atoms with E-state index in [4.69, 9.17) is 0 Å². The van der Waals surface area contributed by atoms with Crippen molar-refractivity contribution in [1.29, 1.82) is 0 Å². The molecule has 4 rings (SSSR count). The van der Waals surface area contributed by atoms with Crippen LogP contribution in [0.5, 0.6) is 0 Å². The number of H-pyrrole nitrogens is 1. The molecule has 3 fully saturated rings. The molecule has 3 aliphatic rings. The number of amides is 1. The van der Waals surface area contributed by atoms with Crippen LogP contribution in [0.15, 0.2) is 29.2 Å². The van der Waals surface area contributed by atoms with Crippen LogP contribution in [0, 0.1) is 0 Å². The van der Waals surface area contributed by atoms with Gasteiger partial charge in [-0.25, -0.2) is 0 Å². The zero-order valence-electron chi connectivity index (χ0n) is 15.0. The van der Waals surface area contributed by atoms with E-state index in [1.807, 2.05) is 0 Å². The molecule has 2 saturated heterocycles. The molecule has 0 radical (unpaired) electrons. The van der Waals surface area contributed by atoms with Gasteiger partial charge in [0.25, 0.3) is 0 Å². The van der Waals surface area contributed by atoms with Gasteiger partial charge in [-0.3, -0.25) is 14.5 Å². The molecule has 1 aliphatic carbocycles. The Balaban J connectivity index is 0.000000219. The summed E-state index contributed by atoms with van der Waals surface area (Å²) in [6.07, 6.45) is 9.07. The van der Waals surface area contributed by atoms with E-state index in [-0.39, 0.29) is 11.6 Å². The molecule has 1 saturated carbocycles. The van der Waals surface area contributed by atoms with Crippen molar-refractivity contribution in [2.75, 3.05) is 32.7 Å². The predicted molar refractivity (Wildman–Crippen MR) is 98.5 cm³/mol. The van der Waals surface area contributed by atoms with Crippen molar-refractivity contribution < 1.29 is 4.79 Å². The molecule has 6 heteroatoms. The minimum Gasteiger partial charge on any atom is -0.340 e. The molecule has 1 aromatic rings. The summed E-state index contributed by atoms with van der Waals surface area (Å²) in [6, 6.07) is 5.87.